The lowest BCUT2D eigenvalue weighted by atomic mass is 10.1. The molecule has 0 aliphatic rings. The van der Waals surface area contributed by atoms with E-state index in [-0.39, 0.29) is 6.04 Å². The number of halogens is 4. The van der Waals surface area contributed by atoms with Gasteiger partial charge in [-0.3, -0.25) is 0 Å². The molecule has 0 saturated carbocycles. The van der Waals surface area contributed by atoms with E-state index in [2.05, 4.69) is 0 Å². The molecule has 2 nitrogen and oxygen atoms in total. The van der Waals surface area contributed by atoms with Gasteiger partial charge in [0, 0.05) is 16.8 Å². The Morgan fingerprint density at radius 3 is 2.37 bits per heavy atom. The highest BCUT2D eigenvalue weighted by atomic mass is 35.5. The molecule has 0 bridgehead atoms. The fraction of sp³-hybridized carbons (Fsp3) is 0.538. The summed E-state index contributed by atoms with van der Waals surface area (Å²) in [5.74, 6) is 0. The molecule has 0 fully saturated rings. The normalized spacial score (nSPS) is 12.0. The van der Waals surface area contributed by atoms with Crippen LogP contribution in [-0.4, -0.2) is 25.3 Å². The summed E-state index contributed by atoms with van der Waals surface area (Å²) >= 11 is 6.06. The van der Waals surface area contributed by atoms with Crippen LogP contribution in [0.3, 0.4) is 0 Å². The Bertz CT molecular complexity index is 419. The van der Waals surface area contributed by atoms with E-state index in [9.17, 15) is 13.2 Å². The van der Waals surface area contributed by atoms with Gasteiger partial charge in [0.2, 0.25) is 0 Å². The molecule has 0 atom stereocenters. The summed E-state index contributed by atoms with van der Waals surface area (Å²) in [6.45, 7) is 2.90. The lowest BCUT2D eigenvalue weighted by Gasteiger charge is -2.30. The van der Waals surface area contributed by atoms with Crippen LogP contribution in [0, 0.1) is 0 Å². The first-order valence-electron chi connectivity index (χ1n) is 6.06. The zero-order valence-corrected chi connectivity index (χ0v) is 11.7. The van der Waals surface area contributed by atoms with Crippen molar-refractivity contribution < 1.29 is 13.2 Å². The van der Waals surface area contributed by atoms with Gasteiger partial charge in [0.15, 0.2) is 0 Å². The van der Waals surface area contributed by atoms with Gasteiger partial charge in [0.05, 0.1) is 0 Å². The fourth-order valence-corrected chi connectivity index (χ4v) is 2.11. The molecular weight excluding hydrogens is 277 g/mol. The first-order chi connectivity index (χ1) is 8.74. The summed E-state index contributed by atoms with van der Waals surface area (Å²) in [4.78, 5) is 1.28. The number of rotatable bonds is 5. The molecule has 0 aliphatic heterocycles. The molecule has 0 unspecified atom stereocenters. The first kappa shape index (κ1) is 16.1. The number of benzene rings is 1. The second-order valence-corrected chi connectivity index (χ2v) is 5.06. The number of hydrogen-bond donors (Lipinski definition) is 1. The molecule has 108 valence electrons. The van der Waals surface area contributed by atoms with Crippen LogP contribution in [-0.2, 0) is 6.42 Å². The zero-order chi connectivity index (χ0) is 14.6. The standard InChI is InChI=1S/C13H18ClF3N2/c1-9(2)19(8-13(15,16)17)11-4-3-10(5-6-18)12(14)7-11/h3-4,7,9H,5-6,8,18H2,1-2H3. The maximum absolute atomic E-state index is 12.6. The Labute approximate surface area is 116 Å². The summed E-state index contributed by atoms with van der Waals surface area (Å²) in [6.07, 6.45) is -3.63. The number of anilines is 1. The summed E-state index contributed by atoms with van der Waals surface area (Å²) in [5, 5.41) is 0.454. The third-order valence-electron chi connectivity index (χ3n) is 2.75. The predicted molar refractivity (Wildman–Crippen MR) is 72.7 cm³/mol. The topological polar surface area (TPSA) is 29.3 Å². The molecule has 19 heavy (non-hydrogen) atoms. The smallest absolute Gasteiger partial charge is 0.360 e. The zero-order valence-electron chi connectivity index (χ0n) is 11.0. The van der Waals surface area contributed by atoms with Crippen LogP contribution in [0.15, 0.2) is 18.2 Å². The maximum Gasteiger partial charge on any atom is 0.405 e. The highest BCUT2D eigenvalue weighted by molar-refractivity contribution is 6.31. The minimum atomic E-state index is -4.24. The van der Waals surface area contributed by atoms with E-state index in [1.165, 1.54) is 4.90 Å². The minimum Gasteiger partial charge on any atom is -0.360 e. The lowest BCUT2D eigenvalue weighted by molar-refractivity contribution is -0.120. The molecule has 0 radical (unpaired) electrons. The molecule has 0 aliphatic carbocycles. The molecule has 6 heteroatoms. The van der Waals surface area contributed by atoms with Crippen molar-refractivity contribution in [3.8, 4) is 0 Å². The van der Waals surface area contributed by atoms with Crippen LogP contribution < -0.4 is 10.6 Å². The van der Waals surface area contributed by atoms with Crippen molar-refractivity contribution in [1.29, 1.82) is 0 Å². The third kappa shape index (κ3) is 4.91. The number of hydrogen-bond acceptors (Lipinski definition) is 2. The molecule has 0 heterocycles. The molecule has 0 aromatic heterocycles. The van der Waals surface area contributed by atoms with Crippen molar-refractivity contribution in [1.82, 2.24) is 0 Å². The molecule has 2 N–H and O–H groups in total. The summed E-state index contributed by atoms with van der Waals surface area (Å²) in [6, 6.07) is 4.69. The monoisotopic (exact) mass is 294 g/mol. The SMILES string of the molecule is CC(C)N(CC(F)(F)F)c1ccc(CCN)c(Cl)c1. The highest BCUT2D eigenvalue weighted by Crippen LogP contribution is 2.28. The predicted octanol–water partition coefficient (Wildman–Crippen LogP) is 3.62. The molecular formula is C13H18ClF3N2. The van der Waals surface area contributed by atoms with Crippen LogP contribution in [0.4, 0.5) is 18.9 Å². The van der Waals surface area contributed by atoms with Crippen molar-refractivity contribution in [2.45, 2.75) is 32.5 Å². The first-order valence-corrected chi connectivity index (χ1v) is 6.44. The second-order valence-electron chi connectivity index (χ2n) is 4.65. The largest absolute Gasteiger partial charge is 0.405 e. The quantitative estimate of drug-likeness (QED) is 0.899. The van der Waals surface area contributed by atoms with Gasteiger partial charge < -0.3 is 10.6 Å². The maximum atomic E-state index is 12.6. The summed E-state index contributed by atoms with van der Waals surface area (Å²) in [7, 11) is 0. The molecule has 0 amide bonds. The van der Waals surface area contributed by atoms with Crippen molar-refractivity contribution in [2.75, 3.05) is 18.0 Å². The van der Waals surface area contributed by atoms with Gasteiger partial charge in [-0.05, 0) is 44.5 Å². The van der Waals surface area contributed by atoms with Crippen LogP contribution in [0.2, 0.25) is 5.02 Å². The number of nitrogens with zero attached hydrogens (tertiary/aromatic N) is 1. The molecule has 0 saturated heterocycles. The molecule has 1 aromatic rings. The van der Waals surface area contributed by atoms with Gasteiger partial charge in [-0.25, -0.2) is 0 Å². The second kappa shape index (κ2) is 6.48. The average molecular weight is 295 g/mol. The Hall–Kier alpha value is -0.940. The Kier molecular flexibility index (Phi) is 5.50. The van der Waals surface area contributed by atoms with Crippen LogP contribution >= 0.6 is 11.6 Å². The summed E-state index contributed by atoms with van der Waals surface area (Å²) in [5.41, 5.74) is 6.76. The fourth-order valence-electron chi connectivity index (χ4n) is 1.84. The Balaban J connectivity index is 3.00. The molecule has 0 spiro atoms. The van der Waals surface area contributed by atoms with Gasteiger partial charge in [-0.15, -0.1) is 0 Å². The Morgan fingerprint density at radius 1 is 1.32 bits per heavy atom. The van der Waals surface area contributed by atoms with E-state index in [0.717, 1.165) is 5.56 Å². The van der Waals surface area contributed by atoms with Gasteiger partial charge in [-0.1, -0.05) is 17.7 Å². The van der Waals surface area contributed by atoms with Crippen molar-refractivity contribution in [3.63, 3.8) is 0 Å². The van der Waals surface area contributed by atoms with Crippen molar-refractivity contribution in [2.24, 2.45) is 5.73 Å². The minimum absolute atomic E-state index is 0.266. The van der Waals surface area contributed by atoms with Gasteiger partial charge >= 0.3 is 6.18 Å². The van der Waals surface area contributed by atoms with E-state index in [1.807, 2.05) is 0 Å². The molecule has 1 rings (SSSR count). The van der Waals surface area contributed by atoms with E-state index in [0.29, 0.717) is 23.7 Å². The van der Waals surface area contributed by atoms with Crippen molar-refractivity contribution in [3.05, 3.63) is 28.8 Å². The van der Waals surface area contributed by atoms with Crippen LogP contribution in [0.1, 0.15) is 19.4 Å². The van der Waals surface area contributed by atoms with Crippen LogP contribution in [0.5, 0.6) is 0 Å². The van der Waals surface area contributed by atoms with Gasteiger partial charge in [0.1, 0.15) is 6.54 Å². The van der Waals surface area contributed by atoms with E-state index in [1.54, 1.807) is 32.0 Å². The third-order valence-corrected chi connectivity index (χ3v) is 3.11. The van der Waals surface area contributed by atoms with Crippen molar-refractivity contribution >= 4 is 17.3 Å². The van der Waals surface area contributed by atoms with E-state index < -0.39 is 12.7 Å². The van der Waals surface area contributed by atoms with E-state index in [4.69, 9.17) is 17.3 Å². The van der Waals surface area contributed by atoms with Crippen LogP contribution in [0.25, 0.3) is 0 Å². The van der Waals surface area contributed by atoms with Gasteiger partial charge in [0.25, 0.3) is 0 Å². The molecule has 1 aromatic carbocycles. The average Bonchev–Trinajstić information content (AvgIpc) is 2.27. The summed E-state index contributed by atoms with van der Waals surface area (Å²) < 4.78 is 37.7. The van der Waals surface area contributed by atoms with E-state index >= 15 is 0 Å². The number of alkyl halides is 3. The highest BCUT2D eigenvalue weighted by Gasteiger charge is 2.32. The Morgan fingerprint density at radius 2 is 1.95 bits per heavy atom. The number of nitrogens with two attached hydrogens (primary N) is 1. The van der Waals surface area contributed by atoms with Gasteiger partial charge in [-0.2, -0.15) is 13.2 Å². The lowest BCUT2D eigenvalue weighted by Crippen LogP contribution is -2.39.